The van der Waals surface area contributed by atoms with Gasteiger partial charge in [0, 0.05) is 25.8 Å². The van der Waals surface area contributed by atoms with Gasteiger partial charge in [-0.3, -0.25) is 4.68 Å². The van der Waals surface area contributed by atoms with Crippen molar-refractivity contribution in [3.8, 4) is 0 Å². The van der Waals surface area contributed by atoms with Gasteiger partial charge in [0.05, 0.1) is 17.2 Å². The maximum atomic E-state index is 11.2. The summed E-state index contributed by atoms with van der Waals surface area (Å²) in [5, 5.41) is 7.61. The van der Waals surface area contributed by atoms with Crippen LogP contribution in [0.1, 0.15) is 18.5 Å². The van der Waals surface area contributed by atoms with Gasteiger partial charge >= 0.3 is 0 Å². The van der Waals surface area contributed by atoms with Crippen LogP contribution in [0.4, 0.5) is 0 Å². The zero-order chi connectivity index (χ0) is 11.6. The molecule has 1 aromatic rings. The van der Waals surface area contributed by atoms with E-state index in [9.17, 15) is 8.42 Å². The van der Waals surface area contributed by atoms with Gasteiger partial charge in [-0.25, -0.2) is 8.42 Å². The number of hydrogen-bond acceptors (Lipinski definition) is 4. The van der Waals surface area contributed by atoms with E-state index in [0.29, 0.717) is 24.1 Å². The summed E-state index contributed by atoms with van der Waals surface area (Å²) in [6.07, 6.45) is 3.34. The molecule has 1 aliphatic rings. The highest BCUT2D eigenvalue weighted by atomic mass is 32.2. The number of sulfone groups is 1. The number of aryl methyl sites for hydroxylation is 1. The topological polar surface area (TPSA) is 64.0 Å². The Morgan fingerprint density at radius 2 is 2.19 bits per heavy atom. The Bertz CT molecular complexity index is 438. The Balaban J connectivity index is 1.80. The Labute approximate surface area is 95.8 Å². The van der Waals surface area contributed by atoms with E-state index in [1.807, 2.05) is 19.3 Å². The molecule has 16 heavy (non-hydrogen) atoms. The quantitative estimate of drug-likeness (QED) is 0.817. The number of hydrogen-bond donors (Lipinski definition) is 1. The lowest BCUT2D eigenvalue weighted by atomic mass is 10.1. The molecule has 2 rings (SSSR count). The maximum absolute atomic E-state index is 11.2. The first kappa shape index (κ1) is 11.6. The van der Waals surface area contributed by atoms with Gasteiger partial charge in [0.25, 0.3) is 0 Å². The van der Waals surface area contributed by atoms with Gasteiger partial charge in [-0.15, -0.1) is 0 Å². The number of aromatic nitrogens is 2. The summed E-state index contributed by atoms with van der Waals surface area (Å²) in [4.78, 5) is 0. The van der Waals surface area contributed by atoms with Crippen molar-refractivity contribution in [2.75, 3.05) is 11.5 Å². The smallest absolute Gasteiger partial charge is 0.150 e. The van der Waals surface area contributed by atoms with Crippen molar-refractivity contribution < 1.29 is 8.42 Å². The normalized spacial score (nSPS) is 21.1. The predicted molar refractivity (Wildman–Crippen MR) is 61.7 cm³/mol. The van der Waals surface area contributed by atoms with Crippen LogP contribution >= 0.6 is 0 Å². The van der Waals surface area contributed by atoms with Gasteiger partial charge in [-0.1, -0.05) is 0 Å². The minimum Gasteiger partial charge on any atom is -0.308 e. The second kappa shape index (κ2) is 4.55. The minimum atomic E-state index is -2.75. The fourth-order valence-corrected chi connectivity index (χ4v) is 3.39. The van der Waals surface area contributed by atoms with Crippen LogP contribution in [0.3, 0.4) is 0 Å². The number of nitrogens with zero attached hydrogens (tertiary/aromatic N) is 2. The Kier molecular flexibility index (Phi) is 3.30. The van der Waals surface area contributed by atoms with Crippen LogP contribution in [-0.2, 0) is 23.4 Å². The first-order chi connectivity index (χ1) is 7.55. The first-order valence-corrected chi connectivity index (χ1v) is 7.30. The van der Waals surface area contributed by atoms with Crippen LogP contribution in [0.15, 0.2) is 12.3 Å². The Morgan fingerprint density at radius 3 is 2.75 bits per heavy atom. The first-order valence-electron chi connectivity index (χ1n) is 5.47. The summed E-state index contributed by atoms with van der Waals surface area (Å²) < 4.78 is 24.2. The van der Waals surface area contributed by atoms with Crippen LogP contribution in [0, 0.1) is 0 Å². The lowest BCUT2D eigenvalue weighted by molar-refractivity contribution is 0.459. The zero-order valence-electron chi connectivity index (χ0n) is 9.39. The van der Waals surface area contributed by atoms with Gasteiger partial charge in [0.2, 0.25) is 0 Å². The second-order valence-corrected chi connectivity index (χ2v) is 6.59. The SMILES string of the molecule is Cn1ccc(CNC2CCS(=O)(=O)CC2)n1. The lowest BCUT2D eigenvalue weighted by Gasteiger charge is -2.22. The second-order valence-electron chi connectivity index (χ2n) is 4.29. The van der Waals surface area contributed by atoms with Gasteiger partial charge < -0.3 is 5.32 Å². The lowest BCUT2D eigenvalue weighted by Crippen LogP contribution is -2.37. The van der Waals surface area contributed by atoms with Gasteiger partial charge in [-0.2, -0.15) is 5.10 Å². The van der Waals surface area contributed by atoms with E-state index in [-0.39, 0.29) is 0 Å². The largest absolute Gasteiger partial charge is 0.308 e. The highest BCUT2D eigenvalue weighted by Crippen LogP contribution is 2.12. The molecule has 0 atom stereocenters. The summed E-state index contributed by atoms with van der Waals surface area (Å²) in [5.41, 5.74) is 0.996. The molecular formula is C10H17N3O2S. The fourth-order valence-electron chi connectivity index (χ4n) is 1.90. The van der Waals surface area contributed by atoms with E-state index >= 15 is 0 Å². The van der Waals surface area contributed by atoms with Crippen molar-refractivity contribution in [3.05, 3.63) is 18.0 Å². The van der Waals surface area contributed by atoms with Gasteiger partial charge in [0.1, 0.15) is 9.84 Å². The van der Waals surface area contributed by atoms with Crippen molar-refractivity contribution >= 4 is 9.84 Å². The van der Waals surface area contributed by atoms with Crippen molar-refractivity contribution in [1.29, 1.82) is 0 Å². The number of rotatable bonds is 3. The molecule has 0 aromatic carbocycles. The Morgan fingerprint density at radius 1 is 1.50 bits per heavy atom. The van der Waals surface area contributed by atoms with Gasteiger partial charge in [-0.05, 0) is 18.9 Å². The molecule has 2 heterocycles. The molecule has 0 aliphatic carbocycles. The molecule has 1 fully saturated rings. The molecule has 90 valence electrons. The molecule has 5 nitrogen and oxygen atoms in total. The molecule has 6 heteroatoms. The fraction of sp³-hybridized carbons (Fsp3) is 0.700. The molecule has 1 N–H and O–H groups in total. The minimum absolute atomic E-state index is 0.311. The summed E-state index contributed by atoms with van der Waals surface area (Å²) in [6.45, 7) is 0.714. The molecule has 0 radical (unpaired) electrons. The highest BCUT2D eigenvalue weighted by molar-refractivity contribution is 7.91. The van der Waals surface area contributed by atoms with Crippen molar-refractivity contribution in [2.45, 2.75) is 25.4 Å². The summed E-state index contributed by atoms with van der Waals surface area (Å²) in [5.74, 6) is 0.625. The van der Waals surface area contributed by atoms with Crippen LogP contribution in [0.5, 0.6) is 0 Å². The van der Waals surface area contributed by atoms with E-state index < -0.39 is 9.84 Å². The van der Waals surface area contributed by atoms with Crippen molar-refractivity contribution in [1.82, 2.24) is 15.1 Å². The third-order valence-electron chi connectivity index (χ3n) is 2.90. The molecule has 1 saturated heterocycles. The monoisotopic (exact) mass is 243 g/mol. The highest BCUT2D eigenvalue weighted by Gasteiger charge is 2.22. The molecule has 1 aliphatic heterocycles. The van der Waals surface area contributed by atoms with Crippen LogP contribution in [0.25, 0.3) is 0 Å². The average molecular weight is 243 g/mol. The van der Waals surface area contributed by atoms with Crippen LogP contribution < -0.4 is 5.32 Å². The average Bonchev–Trinajstić information content (AvgIpc) is 2.63. The Hall–Kier alpha value is -0.880. The zero-order valence-corrected chi connectivity index (χ0v) is 10.2. The third kappa shape index (κ3) is 3.05. The summed E-state index contributed by atoms with van der Waals surface area (Å²) in [6, 6.07) is 2.28. The van der Waals surface area contributed by atoms with E-state index in [1.54, 1.807) is 4.68 Å². The molecule has 0 spiro atoms. The molecule has 0 bridgehead atoms. The number of nitrogens with one attached hydrogen (secondary N) is 1. The van der Waals surface area contributed by atoms with E-state index in [1.165, 1.54) is 0 Å². The summed E-state index contributed by atoms with van der Waals surface area (Å²) >= 11 is 0. The standard InChI is InChI=1S/C10H17N3O2S/c1-13-5-2-10(12-13)8-11-9-3-6-16(14,15)7-4-9/h2,5,9,11H,3-4,6-8H2,1H3. The molecular weight excluding hydrogens is 226 g/mol. The summed E-state index contributed by atoms with van der Waals surface area (Å²) in [7, 11) is -0.869. The third-order valence-corrected chi connectivity index (χ3v) is 4.61. The van der Waals surface area contributed by atoms with Crippen LogP contribution in [0.2, 0.25) is 0 Å². The predicted octanol–water partition coefficient (Wildman–Crippen LogP) is 0.0869. The maximum Gasteiger partial charge on any atom is 0.150 e. The molecule has 0 amide bonds. The van der Waals surface area contributed by atoms with E-state index in [2.05, 4.69) is 10.4 Å². The molecule has 0 saturated carbocycles. The van der Waals surface area contributed by atoms with Gasteiger partial charge in [0.15, 0.2) is 0 Å². The molecule has 0 unspecified atom stereocenters. The van der Waals surface area contributed by atoms with Crippen LogP contribution in [-0.4, -0.2) is 35.7 Å². The van der Waals surface area contributed by atoms with E-state index in [4.69, 9.17) is 0 Å². The van der Waals surface area contributed by atoms with Crippen molar-refractivity contribution in [2.24, 2.45) is 7.05 Å². The van der Waals surface area contributed by atoms with E-state index in [0.717, 1.165) is 18.5 Å². The molecule has 1 aromatic heterocycles. The van der Waals surface area contributed by atoms with Crippen molar-refractivity contribution in [3.63, 3.8) is 0 Å².